The maximum Gasteiger partial charge on any atom is 0.208 e. The molecule has 0 bridgehead atoms. The van der Waals surface area contributed by atoms with Crippen LogP contribution in [0.4, 0.5) is 5.13 Å². The van der Waals surface area contributed by atoms with Crippen molar-refractivity contribution in [1.82, 2.24) is 15.1 Å². The topological polar surface area (TPSA) is 52.5 Å². The number of aromatic nitrogens is 2. The fourth-order valence-electron chi connectivity index (χ4n) is 2.30. The summed E-state index contributed by atoms with van der Waals surface area (Å²) in [5, 5.41) is 19.8. The number of anilines is 1. The van der Waals surface area contributed by atoms with Crippen LogP contribution in [-0.4, -0.2) is 59.0 Å². The van der Waals surface area contributed by atoms with Gasteiger partial charge in [-0.1, -0.05) is 32.1 Å². The van der Waals surface area contributed by atoms with Gasteiger partial charge in [0, 0.05) is 37.6 Å². The van der Waals surface area contributed by atoms with E-state index in [1.54, 1.807) is 11.3 Å². The normalized spacial score (nSPS) is 21.9. The van der Waals surface area contributed by atoms with Gasteiger partial charge in [-0.05, 0) is 6.92 Å². The van der Waals surface area contributed by atoms with Gasteiger partial charge in [0.05, 0.1) is 6.61 Å². The largest absolute Gasteiger partial charge is 0.395 e. The first-order valence-electron chi connectivity index (χ1n) is 6.85. The van der Waals surface area contributed by atoms with E-state index in [1.807, 2.05) is 0 Å². The number of aliphatic hydroxyl groups is 1. The van der Waals surface area contributed by atoms with Crippen LogP contribution in [0.1, 0.15) is 32.7 Å². The van der Waals surface area contributed by atoms with Gasteiger partial charge in [-0.2, -0.15) is 0 Å². The van der Waals surface area contributed by atoms with Gasteiger partial charge in [-0.25, -0.2) is 0 Å². The molecule has 1 unspecified atom stereocenters. The number of nitrogens with zero attached hydrogens (tertiary/aromatic N) is 4. The highest BCUT2D eigenvalue weighted by molar-refractivity contribution is 7.15. The van der Waals surface area contributed by atoms with Crippen molar-refractivity contribution in [3.8, 4) is 0 Å². The van der Waals surface area contributed by atoms with Crippen molar-refractivity contribution in [3.05, 3.63) is 5.01 Å². The molecule has 0 amide bonds. The van der Waals surface area contributed by atoms with Crippen LogP contribution in [0.2, 0.25) is 0 Å². The van der Waals surface area contributed by atoms with Gasteiger partial charge >= 0.3 is 0 Å². The van der Waals surface area contributed by atoms with Crippen molar-refractivity contribution in [3.63, 3.8) is 0 Å². The molecule has 2 heterocycles. The molecule has 1 N–H and O–H groups in total. The highest BCUT2D eigenvalue weighted by Crippen LogP contribution is 2.31. The molecule has 1 aromatic rings. The van der Waals surface area contributed by atoms with Crippen LogP contribution in [0.5, 0.6) is 0 Å². The van der Waals surface area contributed by atoms with Gasteiger partial charge in [0.2, 0.25) is 5.13 Å². The van der Waals surface area contributed by atoms with Crippen molar-refractivity contribution >= 4 is 16.5 Å². The third kappa shape index (κ3) is 3.43. The average molecular weight is 284 g/mol. The molecule has 0 aliphatic carbocycles. The zero-order chi connectivity index (χ0) is 14.0. The molecule has 1 atom stereocenters. The van der Waals surface area contributed by atoms with Crippen LogP contribution >= 0.6 is 11.3 Å². The Balaban J connectivity index is 2.05. The van der Waals surface area contributed by atoms with Crippen LogP contribution in [-0.2, 0) is 5.41 Å². The molecular weight excluding hydrogens is 260 g/mol. The second kappa shape index (κ2) is 5.73. The minimum Gasteiger partial charge on any atom is -0.395 e. The van der Waals surface area contributed by atoms with E-state index in [0.717, 1.165) is 36.3 Å². The highest BCUT2D eigenvalue weighted by atomic mass is 32.1. The van der Waals surface area contributed by atoms with E-state index in [9.17, 15) is 0 Å². The molecule has 6 heteroatoms. The summed E-state index contributed by atoms with van der Waals surface area (Å²) < 4.78 is 0. The first-order chi connectivity index (χ1) is 8.91. The molecular formula is C13H24N4OS. The Morgan fingerprint density at radius 1 is 1.32 bits per heavy atom. The zero-order valence-corrected chi connectivity index (χ0v) is 13.1. The second-order valence-corrected chi connectivity index (χ2v) is 7.16. The van der Waals surface area contributed by atoms with E-state index in [4.69, 9.17) is 5.11 Å². The summed E-state index contributed by atoms with van der Waals surface area (Å²) in [6.07, 6.45) is 0. The first-order valence-corrected chi connectivity index (χ1v) is 7.67. The van der Waals surface area contributed by atoms with Gasteiger partial charge in [-0.3, -0.25) is 4.90 Å². The lowest BCUT2D eigenvalue weighted by Gasteiger charge is -2.39. The van der Waals surface area contributed by atoms with Gasteiger partial charge in [0.25, 0.3) is 0 Å². The lowest BCUT2D eigenvalue weighted by molar-refractivity contribution is 0.174. The molecule has 2 rings (SSSR count). The van der Waals surface area contributed by atoms with Crippen LogP contribution in [0.25, 0.3) is 0 Å². The molecule has 0 spiro atoms. The summed E-state index contributed by atoms with van der Waals surface area (Å²) in [6, 6.07) is 0.418. The summed E-state index contributed by atoms with van der Waals surface area (Å²) in [5.41, 5.74) is 0.0673. The predicted octanol–water partition coefficient (Wildman–Crippen LogP) is 1.34. The third-order valence-electron chi connectivity index (χ3n) is 3.43. The quantitative estimate of drug-likeness (QED) is 0.908. The number of aliphatic hydroxyl groups excluding tert-OH is 1. The number of hydrogen-bond acceptors (Lipinski definition) is 6. The lowest BCUT2D eigenvalue weighted by Crippen LogP contribution is -2.52. The zero-order valence-electron chi connectivity index (χ0n) is 12.3. The van der Waals surface area contributed by atoms with Gasteiger partial charge in [0.1, 0.15) is 5.01 Å². The highest BCUT2D eigenvalue weighted by Gasteiger charge is 2.27. The Morgan fingerprint density at radius 2 is 2.05 bits per heavy atom. The Bertz CT molecular complexity index is 415. The third-order valence-corrected chi connectivity index (χ3v) is 4.82. The van der Waals surface area contributed by atoms with E-state index in [0.29, 0.717) is 6.04 Å². The number of hydrogen-bond donors (Lipinski definition) is 1. The Kier molecular flexibility index (Phi) is 4.43. The van der Waals surface area contributed by atoms with E-state index in [1.165, 1.54) is 0 Å². The van der Waals surface area contributed by atoms with Crippen LogP contribution in [0.3, 0.4) is 0 Å². The molecule has 19 heavy (non-hydrogen) atoms. The first kappa shape index (κ1) is 14.7. The summed E-state index contributed by atoms with van der Waals surface area (Å²) in [6.45, 7) is 12.6. The molecule has 5 nitrogen and oxygen atoms in total. The van der Waals surface area contributed by atoms with E-state index < -0.39 is 0 Å². The fraction of sp³-hybridized carbons (Fsp3) is 0.846. The van der Waals surface area contributed by atoms with Crippen molar-refractivity contribution in [2.45, 2.75) is 39.2 Å². The van der Waals surface area contributed by atoms with Gasteiger partial charge in [0.15, 0.2) is 0 Å². The van der Waals surface area contributed by atoms with Gasteiger partial charge < -0.3 is 10.0 Å². The molecule has 1 aliphatic heterocycles. The van der Waals surface area contributed by atoms with Crippen molar-refractivity contribution in [2.24, 2.45) is 0 Å². The van der Waals surface area contributed by atoms with Crippen molar-refractivity contribution < 1.29 is 5.11 Å². The van der Waals surface area contributed by atoms with Crippen molar-refractivity contribution in [2.75, 3.05) is 37.7 Å². The van der Waals surface area contributed by atoms with Crippen LogP contribution in [0.15, 0.2) is 0 Å². The van der Waals surface area contributed by atoms with Crippen LogP contribution in [0, 0.1) is 0 Å². The fourth-order valence-corrected chi connectivity index (χ4v) is 3.33. The minimum absolute atomic E-state index is 0.0673. The number of rotatable bonds is 3. The summed E-state index contributed by atoms with van der Waals surface area (Å²) >= 11 is 1.70. The number of β-amino-alcohol motifs (C(OH)–C–C–N with tert-alkyl or cyclic N) is 1. The maximum atomic E-state index is 9.01. The Hall–Kier alpha value is -0.720. The molecule has 0 aromatic carbocycles. The maximum absolute atomic E-state index is 9.01. The standard InChI is InChI=1S/C13H24N4OS/c1-10-9-16(7-8-18)5-6-17(10)12-15-14-11(19-12)13(2,3)4/h10,18H,5-9H2,1-4H3. The summed E-state index contributed by atoms with van der Waals surface area (Å²) in [4.78, 5) is 4.63. The second-order valence-electron chi connectivity index (χ2n) is 6.21. The lowest BCUT2D eigenvalue weighted by atomic mass is 9.98. The van der Waals surface area contributed by atoms with E-state index in [2.05, 4.69) is 47.7 Å². The molecule has 0 saturated carbocycles. The average Bonchev–Trinajstić information content (AvgIpc) is 2.78. The predicted molar refractivity (Wildman–Crippen MR) is 78.9 cm³/mol. The smallest absolute Gasteiger partial charge is 0.208 e. The Labute approximate surface area is 119 Å². The Morgan fingerprint density at radius 3 is 2.58 bits per heavy atom. The monoisotopic (exact) mass is 284 g/mol. The molecule has 1 fully saturated rings. The van der Waals surface area contributed by atoms with E-state index >= 15 is 0 Å². The molecule has 1 saturated heterocycles. The van der Waals surface area contributed by atoms with E-state index in [-0.39, 0.29) is 12.0 Å². The molecule has 1 aliphatic rings. The molecule has 1 aromatic heterocycles. The summed E-state index contributed by atoms with van der Waals surface area (Å²) in [7, 11) is 0. The molecule has 0 radical (unpaired) electrons. The van der Waals surface area contributed by atoms with Crippen molar-refractivity contribution in [1.29, 1.82) is 0 Å². The minimum atomic E-state index is 0.0673. The summed E-state index contributed by atoms with van der Waals surface area (Å²) in [5.74, 6) is 0. The SMILES string of the molecule is CC1CN(CCO)CCN1c1nnc(C(C)(C)C)s1. The number of piperazine rings is 1. The van der Waals surface area contributed by atoms with Crippen LogP contribution < -0.4 is 4.90 Å². The molecule has 108 valence electrons. The van der Waals surface area contributed by atoms with Gasteiger partial charge in [-0.15, -0.1) is 10.2 Å².